The molecule has 0 radical (unpaired) electrons. The minimum atomic E-state index is -0.475. The zero-order chi connectivity index (χ0) is 19.7. The Morgan fingerprint density at radius 3 is 2.75 bits per heavy atom. The summed E-state index contributed by atoms with van der Waals surface area (Å²) in [7, 11) is 0.108. The Balaban J connectivity index is 1.54. The van der Waals surface area contributed by atoms with Crippen molar-refractivity contribution >= 4 is 31.1 Å². The van der Waals surface area contributed by atoms with E-state index in [9.17, 15) is 14.0 Å². The van der Waals surface area contributed by atoms with E-state index in [2.05, 4.69) is 0 Å². The lowest BCUT2D eigenvalue weighted by Gasteiger charge is -2.23. The standard InChI is InChI=1S/C21H20BClFNO3/c23-16-5-6-19(24)18(10-16)15-3-1-14(2-4-15)9-17-11-21(7-8-28-12-21)20(27)25(17)22-13-26/h1-6,10,13,17,22H,7-9,11-12H2/t17-,21?/m1/s1. The van der Waals surface area contributed by atoms with Gasteiger partial charge in [-0.3, -0.25) is 4.79 Å². The van der Waals surface area contributed by atoms with E-state index >= 15 is 0 Å². The van der Waals surface area contributed by atoms with Crippen molar-refractivity contribution in [2.24, 2.45) is 5.41 Å². The van der Waals surface area contributed by atoms with E-state index in [4.69, 9.17) is 16.3 Å². The average molecular weight is 400 g/mol. The highest BCUT2D eigenvalue weighted by Crippen LogP contribution is 2.43. The zero-order valence-electron chi connectivity index (χ0n) is 15.4. The number of hydrogen-bond acceptors (Lipinski definition) is 3. The molecule has 2 aromatic rings. The van der Waals surface area contributed by atoms with Crippen molar-refractivity contribution in [3.8, 4) is 11.1 Å². The average Bonchev–Trinajstić information content (AvgIpc) is 3.26. The van der Waals surface area contributed by atoms with Crippen LogP contribution in [0.1, 0.15) is 18.4 Å². The van der Waals surface area contributed by atoms with Gasteiger partial charge in [0.15, 0.2) is 0 Å². The van der Waals surface area contributed by atoms with Crippen LogP contribution in [0.2, 0.25) is 5.02 Å². The molecule has 2 atom stereocenters. The molecular weight excluding hydrogens is 379 g/mol. The molecule has 1 amide bonds. The lowest BCUT2D eigenvalue weighted by atomic mass is 9.83. The first kappa shape index (κ1) is 19.2. The van der Waals surface area contributed by atoms with Crippen LogP contribution in [0.5, 0.6) is 0 Å². The van der Waals surface area contributed by atoms with Crippen molar-refractivity contribution in [2.75, 3.05) is 13.2 Å². The molecule has 2 aliphatic rings. The summed E-state index contributed by atoms with van der Waals surface area (Å²) in [5.74, 6) is -0.293. The van der Waals surface area contributed by atoms with Gasteiger partial charge in [0, 0.05) is 23.2 Å². The van der Waals surface area contributed by atoms with Gasteiger partial charge in [-0.15, -0.1) is 0 Å². The monoisotopic (exact) mass is 399 g/mol. The Morgan fingerprint density at radius 1 is 1.29 bits per heavy atom. The summed E-state index contributed by atoms with van der Waals surface area (Å²) in [5.41, 5.74) is 1.77. The first-order valence-electron chi connectivity index (χ1n) is 9.39. The molecule has 1 unspecified atom stereocenters. The van der Waals surface area contributed by atoms with Gasteiger partial charge in [-0.25, -0.2) is 4.39 Å². The summed E-state index contributed by atoms with van der Waals surface area (Å²) in [6.45, 7) is 1.03. The quantitative estimate of drug-likeness (QED) is 0.573. The molecule has 7 heteroatoms. The predicted octanol–water partition coefficient (Wildman–Crippen LogP) is 3.24. The highest BCUT2D eigenvalue weighted by Gasteiger charge is 2.53. The van der Waals surface area contributed by atoms with Crippen molar-refractivity contribution in [2.45, 2.75) is 25.3 Å². The van der Waals surface area contributed by atoms with Gasteiger partial charge in [0.05, 0.1) is 12.0 Å². The molecule has 2 fully saturated rings. The molecule has 0 aromatic heterocycles. The van der Waals surface area contributed by atoms with Gasteiger partial charge in [-0.1, -0.05) is 35.9 Å². The maximum Gasteiger partial charge on any atom is 0.313 e. The molecule has 28 heavy (non-hydrogen) atoms. The fourth-order valence-electron chi connectivity index (χ4n) is 4.36. The summed E-state index contributed by atoms with van der Waals surface area (Å²) in [6.07, 6.45) is 2.85. The molecule has 0 N–H and O–H groups in total. The molecule has 4 nitrogen and oxygen atoms in total. The van der Waals surface area contributed by atoms with E-state index < -0.39 is 5.41 Å². The van der Waals surface area contributed by atoms with Crippen molar-refractivity contribution in [1.29, 1.82) is 0 Å². The summed E-state index contributed by atoms with van der Waals surface area (Å²) >= 11 is 5.99. The second-order valence-electron chi connectivity index (χ2n) is 7.59. The van der Waals surface area contributed by atoms with Gasteiger partial charge < -0.3 is 14.3 Å². The SMILES string of the molecule is O=CBN1C(=O)C2(CCOC2)C[C@H]1Cc1ccc(-c2cc(Cl)ccc2F)cc1. The fourth-order valence-corrected chi connectivity index (χ4v) is 4.53. The predicted molar refractivity (Wildman–Crippen MR) is 108 cm³/mol. The minimum absolute atomic E-state index is 0.0275. The van der Waals surface area contributed by atoms with Crippen LogP contribution in [0.3, 0.4) is 0 Å². The molecule has 2 saturated heterocycles. The lowest BCUT2D eigenvalue weighted by Crippen LogP contribution is -2.41. The van der Waals surface area contributed by atoms with Crippen LogP contribution in [0, 0.1) is 11.2 Å². The first-order valence-corrected chi connectivity index (χ1v) is 9.77. The normalized spacial score (nSPS) is 24.1. The minimum Gasteiger partial charge on any atom is -0.380 e. The molecule has 0 aliphatic carbocycles. The smallest absolute Gasteiger partial charge is 0.313 e. The number of nitrogens with zero attached hydrogens (tertiary/aromatic N) is 1. The van der Waals surface area contributed by atoms with E-state index in [0.717, 1.165) is 17.3 Å². The van der Waals surface area contributed by atoms with Gasteiger partial charge >= 0.3 is 7.41 Å². The number of rotatable bonds is 5. The van der Waals surface area contributed by atoms with Gasteiger partial charge in [-0.2, -0.15) is 0 Å². The number of hydrogen-bond donors (Lipinski definition) is 0. The molecule has 0 bridgehead atoms. The van der Waals surface area contributed by atoms with E-state index in [0.29, 0.717) is 43.1 Å². The molecular formula is C21H20BClFNO3. The first-order chi connectivity index (χ1) is 13.5. The lowest BCUT2D eigenvalue weighted by molar-refractivity contribution is -0.132. The molecule has 2 heterocycles. The van der Waals surface area contributed by atoms with Crippen molar-refractivity contribution in [3.63, 3.8) is 0 Å². The fraction of sp³-hybridized carbons (Fsp3) is 0.333. The number of carbonyl (C=O) groups excluding carboxylic acids is 2. The van der Waals surface area contributed by atoms with Crippen LogP contribution in [-0.4, -0.2) is 43.6 Å². The van der Waals surface area contributed by atoms with Crippen molar-refractivity contribution in [1.82, 2.24) is 4.81 Å². The van der Waals surface area contributed by atoms with E-state index in [1.54, 1.807) is 10.9 Å². The highest BCUT2D eigenvalue weighted by molar-refractivity contribution is 6.66. The Morgan fingerprint density at radius 2 is 2.07 bits per heavy atom. The van der Waals surface area contributed by atoms with Gasteiger partial charge in [0.25, 0.3) is 0 Å². The van der Waals surface area contributed by atoms with E-state index in [-0.39, 0.29) is 25.2 Å². The van der Waals surface area contributed by atoms with Crippen LogP contribution in [0.4, 0.5) is 4.39 Å². The maximum absolute atomic E-state index is 14.1. The van der Waals surface area contributed by atoms with Crippen molar-refractivity contribution < 1.29 is 18.7 Å². The number of benzene rings is 2. The van der Waals surface area contributed by atoms with E-state index in [1.807, 2.05) is 24.3 Å². The Bertz CT molecular complexity index is 899. The van der Waals surface area contributed by atoms with E-state index in [1.165, 1.54) is 12.1 Å². The largest absolute Gasteiger partial charge is 0.380 e. The number of carbonyl (C=O) groups is 2. The molecule has 0 saturated carbocycles. The van der Waals surface area contributed by atoms with Crippen LogP contribution in [0.15, 0.2) is 42.5 Å². The Labute approximate surface area is 168 Å². The maximum atomic E-state index is 14.1. The van der Waals surface area contributed by atoms with Gasteiger partial charge in [0.2, 0.25) is 5.91 Å². The third kappa shape index (κ3) is 3.47. The number of halogens is 2. The molecule has 144 valence electrons. The van der Waals surface area contributed by atoms with Crippen LogP contribution >= 0.6 is 11.6 Å². The van der Waals surface area contributed by atoms with Gasteiger partial charge in [-0.05, 0) is 48.6 Å². The topological polar surface area (TPSA) is 46.6 Å². The van der Waals surface area contributed by atoms with Crippen LogP contribution in [-0.2, 0) is 20.7 Å². The molecule has 4 rings (SSSR count). The Kier molecular flexibility index (Phi) is 5.26. The second kappa shape index (κ2) is 7.68. The number of amides is 1. The second-order valence-corrected chi connectivity index (χ2v) is 8.03. The third-order valence-corrected chi connectivity index (χ3v) is 6.06. The summed E-state index contributed by atoms with van der Waals surface area (Å²) in [4.78, 5) is 25.6. The number of ether oxygens (including phenoxy) is 1. The molecule has 1 spiro atoms. The summed E-state index contributed by atoms with van der Waals surface area (Å²) < 4.78 is 19.6. The molecule has 2 aromatic carbocycles. The van der Waals surface area contributed by atoms with Crippen molar-refractivity contribution in [3.05, 3.63) is 58.9 Å². The summed E-state index contributed by atoms with van der Waals surface area (Å²) in [6, 6.07) is 12.1. The van der Waals surface area contributed by atoms with Crippen LogP contribution in [0.25, 0.3) is 11.1 Å². The zero-order valence-corrected chi connectivity index (χ0v) is 16.1. The third-order valence-electron chi connectivity index (χ3n) is 5.82. The summed E-state index contributed by atoms with van der Waals surface area (Å²) in [5, 5.41) is 0.485. The Hall–Kier alpha value is -2.18. The molecule has 2 aliphatic heterocycles. The van der Waals surface area contributed by atoms with Gasteiger partial charge in [0.1, 0.15) is 12.0 Å². The van der Waals surface area contributed by atoms with Crippen LogP contribution < -0.4 is 0 Å². The highest BCUT2D eigenvalue weighted by atomic mass is 35.5.